The van der Waals surface area contributed by atoms with Crippen molar-refractivity contribution in [2.45, 2.75) is 45.4 Å². The molecule has 150 valence electrons. The van der Waals surface area contributed by atoms with Gasteiger partial charge in [0.15, 0.2) is 0 Å². The number of nitrogens with zero attached hydrogens (tertiary/aromatic N) is 5. The number of aryl methyl sites for hydroxylation is 1. The van der Waals surface area contributed by atoms with E-state index in [9.17, 15) is 4.79 Å². The lowest BCUT2D eigenvalue weighted by atomic mass is 9.96. The molecule has 0 saturated carbocycles. The molecule has 3 heterocycles. The summed E-state index contributed by atoms with van der Waals surface area (Å²) in [7, 11) is 0. The molecule has 4 rings (SSSR count). The summed E-state index contributed by atoms with van der Waals surface area (Å²) < 4.78 is 1.74. The maximum atomic E-state index is 13.1. The van der Waals surface area contributed by atoms with Gasteiger partial charge in [-0.15, -0.1) is 0 Å². The minimum atomic E-state index is 0.161. The highest BCUT2D eigenvalue weighted by Crippen LogP contribution is 2.22. The maximum absolute atomic E-state index is 13.1. The molecule has 1 unspecified atom stereocenters. The molecule has 0 radical (unpaired) electrons. The smallest absolute Gasteiger partial charge is 0.253 e. The van der Waals surface area contributed by atoms with Crippen LogP contribution in [-0.2, 0) is 0 Å². The van der Waals surface area contributed by atoms with E-state index in [1.165, 1.54) is 51.5 Å². The second-order valence-electron chi connectivity index (χ2n) is 8.32. The molecular formula is C22H31N5O. The minimum Gasteiger partial charge on any atom is -0.338 e. The number of hydrogen-bond donors (Lipinski definition) is 0. The number of likely N-dealkylation sites (tertiary alicyclic amines) is 2. The predicted molar refractivity (Wildman–Crippen MR) is 110 cm³/mol. The molecule has 1 aromatic heterocycles. The van der Waals surface area contributed by atoms with Gasteiger partial charge in [0.1, 0.15) is 12.7 Å². The van der Waals surface area contributed by atoms with Gasteiger partial charge in [0.25, 0.3) is 5.91 Å². The quantitative estimate of drug-likeness (QED) is 0.815. The molecule has 1 aromatic carbocycles. The average molecular weight is 382 g/mol. The molecule has 1 atom stereocenters. The van der Waals surface area contributed by atoms with Crippen molar-refractivity contribution in [1.29, 1.82) is 0 Å². The van der Waals surface area contributed by atoms with Gasteiger partial charge in [0.2, 0.25) is 0 Å². The van der Waals surface area contributed by atoms with Crippen LogP contribution in [0.15, 0.2) is 30.9 Å². The van der Waals surface area contributed by atoms with Gasteiger partial charge in [-0.05, 0) is 75.4 Å². The first-order valence-corrected chi connectivity index (χ1v) is 10.7. The SMILES string of the molecule is Cc1cc(C(=O)N2CCCC(CN3CCCCCC3)C2)ccc1-n1cncn1. The Hall–Kier alpha value is -2.21. The number of carbonyl (C=O) groups excluding carboxylic acids is 1. The van der Waals surface area contributed by atoms with Crippen LogP contribution < -0.4 is 0 Å². The number of aromatic nitrogens is 3. The van der Waals surface area contributed by atoms with Crippen LogP contribution in [0.5, 0.6) is 0 Å². The topological polar surface area (TPSA) is 54.3 Å². The molecule has 1 amide bonds. The summed E-state index contributed by atoms with van der Waals surface area (Å²) in [5.41, 5.74) is 2.78. The van der Waals surface area contributed by atoms with Crippen molar-refractivity contribution >= 4 is 5.91 Å². The first-order chi connectivity index (χ1) is 13.7. The van der Waals surface area contributed by atoms with Gasteiger partial charge >= 0.3 is 0 Å². The molecule has 28 heavy (non-hydrogen) atoms. The molecular weight excluding hydrogens is 350 g/mol. The fourth-order valence-corrected chi connectivity index (χ4v) is 4.64. The molecule has 2 saturated heterocycles. The highest BCUT2D eigenvalue weighted by atomic mass is 16.2. The largest absolute Gasteiger partial charge is 0.338 e. The summed E-state index contributed by atoms with van der Waals surface area (Å²) >= 11 is 0. The van der Waals surface area contributed by atoms with E-state index >= 15 is 0 Å². The lowest BCUT2D eigenvalue weighted by Crippen LogP contribution is -2.44. The number of piperidine rings is 1. The summed E-state index contributed by atoms with van der Waals surface area (Å²) in [4.78, 5) is 21.8. The van der Waals surface area contributed by atoms with E-state index in [1.807, 2.05) is 25.1 Å². The minimum absolute atomic E-state index is 0.161. The van der Waals surface area contributed by atoms with Crippen LogP contribution in [0.25, 0.3) is 5.69 Å². The van der Waals surface area contributed by atoms with Crippen molar-refractivity contribution in [3.05, 3.63) is 42.0 Å². The number of benzene rings is 1. The lowest BCUT2D eigenvalue weighted by Gasteiger charge is -2.35. The zero-order chi connectivity index (χ0) is 19.3. The lowest BCUT2D eigenvalue weighted by molar-refractivity contribution is 0.0641. The van der Waals surface area contributed by atoms with Crippen molar-refractivity contribution in [2.75, 3.05) is 32.7 Å². The molecule has 2 aliphatic rings. The maximum Gasteiger partial charge on any atom is 0.253 e. The number of hydrogen-bond acceptors (Lipinski definition) is 4. The monoisotopic (exact) mass is 381 g/mol. The number of rotatable bonds is 4. The Balaban J connectivity index is 1.40. The number of amides is 1. The van der Waals surface area contributed by atoms with E-state index in [0.29, 0.717) is 5.92 Å². The first-order valence-electron chi connectivity index (χ1n) is 10.7. The molecule has 0 bridgehead atoms. The van der Waals surface area contributed by atoms with Gasteiger partial charge < -0.3 is 9.80 Å². The van der Waals surface area contributed by atoms with Gasteiger partial charge in [-0.1, -0.05) is 12.8 Å². The molecule has 2 fully saturated rings. The van der Waals surface area contributed by atoms with Crippen LogP contribution in [0.3, 0.4) is 0 Å². The summed E-state index contributed by atoms with van der Waals surface area (Å²) in [5, 5.41) is 4.19. The molecule has 0 N–H and O–H groups in total. The van der Waals surface area contributed by atoms with Crippen LogP contribution in [0.2, 0.25) is 0 Å². The predicted octanol–water partition coefficient (Wildman–Crippen LogP) is 3.30. The van der Waals surface area contributed by atoms with Crippen LogP contribution in [-0.4, -0.2) is 63.2 Å². The van der Waals surface area contributed by atoms with Crippen molar-refractivity contribution in [3.63, 3.8) is 0 Å². The first kappa shape index (κ1) is 19.1. The zero-order valence-electron chi connectivity index (χ0n) is 16.9. The Bertz CT molecular complexity index is 780. The van der Waals surface area contributed by atoms with Gasteiger partial charge in [-0.2, -0.15) is 5.10 Å². The highest BCUT2D eigenvalue weighted by Gasteiger charge is 2.26. The van der Waals surface area contributed by atoms with Gasteiger partial charge in [0, 0.05) is 25.2 Å². The second-order valence-corrected chi connectivity index (χ2v) is 8.32. The fourth-order valence-electron chi connectivity index (χ4n) is 4.64. The van der Waals surface area contributed by atoms with E-state index in [0.717, 1.165) is 42.9 Å². The Kier molecular flexibility index (Phi) is 6.05. The van der Waals surface area contributed by atoms with Gasteiger partial charge in [-0.25, -0.2) is 9.67 Å². The molecule has 6 heteroatoms. The van der Waals surface area contributed by atoms with Crippen molar-refractivity contribution in [2.24, 2.45) is 5.92 Å². The Morgan fingerprint density at radius 2 is 1.93 bits per heavy atom. The molecule has 2 aliphatic heterocycles. The van der Waals surface area contributed by atoms with Crippen LogP contribution in [0.1, 0.15) is 54.4 Å². The van der Waals surface area contributed by atoms with Crippen LogP contribution >= 0.6 is 0 Å². The number of carbonyl (C=O) groups is 1. The molecule has 6 nitrogen and oxygen atoms in total. The second kappa shape index (κ2) is 8.86. The fraction of sp³-hybridized carbons (Fsp3) is 0.591. The highest BCUT2D eigenvalue weighted by molar-refractivity contribution is 5.94. The standard InChI is InChI=1S/C22H31N5O/c1-18-13-20(8-9-21(18)27-17-23-16-24-27)22(28)26-12-6-7-19(15-26)14-25-10-4-2-3-5-11-25/h8-9,13,16-17,19H,2-7,10-12,14-15H2,1H3. The third-order valence-electron chi connectivity index (χ3n) is 6.13. The van der Waals surface area contributed by atoms with E-state index in [1.54, 1.807) is 11.0 Å². The summed E-state index contributed by atoms with van der Waals surface area (Å²) in [6.45, 7) is 7.39. The van der Waals surface area contributed by atoms with Crippen LogP contribution in [0.4, 0.5) is 0 Å². The Morgan fingerprint density at radius 3 is 2.64 bits per heavy atom. The van der Waals surface area contributed by atoms with E-state index in [-0.39, 0.29) is 5.91 Å². The van der Waals surface area contributed by atoms with Crippen molar-refractivity contribution in [1.82, 2.24) is 24.6 Å². The third-order valence-corrected chi connectivity index (χ3v) is 6.13. The summed E-state index contributed by atoms with van der Waals surface area (Å²) in [6, 6.07) is 5.87. The van der Waals surface area contributed by atoms with Crippen molar-refractivity contribution in [3.8, 4) is 5.69 Å². The van der Waals surface area contributed by atoms with Gasteiger partial charge in [0.05, 0.1) is 5.69 Å². The summed E-state index contributed by atoms with van der Waals surface area (Å²) in [6.07, 6.45) is 11.0. The molecule has 0 aliphatic carbocycles. The molecule has 2 aromatic rings. The van der Waals surface area contributed by atoms with E-state index in [4.69, 9.17) is 0 Å². The van der Waals surface area contributed by atoms with E-state index in [2.05, 4.69) is 19.9 Å². The van der Waals surface area contributed by atoms with Crippen molar-refractivity contribution < 1.29 is 4.79 Å². The van der Waals surface area contributed by atoms with Crippen LogP contribution in [0, 0.1) is 12.8 Å². The Morgan fingerprint density at radius 1 is 1.11 bits per heavy atom. The normalized spacial score (nSPS) is 21.5. The zero-order valence-corrected chi connectivity index (χ0v) is 16.9. The Labute approximate surface area is 167 Å². The molecule has 0 spiro atoms. The van der Waals surface area contributed by atoms with E-state index < -0.39 is 0 Å². The van der Waals surface area contributed by atoms with Gasteiger partial charge in [-0.3, -0.25) is 4.79 Å². The average Bonchev–Trinajstić information content (AvgIpc) is 3.12. The third kappa shape index (κ3) is 4.43. The summed E-state index contributed by atoms with van der Waals surface area (Å²) in [5.74, 6) is 0.764.